The second kappa shape index (κ2) is 9.68. The fourth-order valence-corrected chi connectivity index (χ4v) is 0.209. The topological polar surface area (TPSA) is 29.5 Å². The lowest BCUT2D eigenvalue weighted by Gasteiger charge is -1.87. The van der Waals surface area contributed by atoms with Crippen LogP contribution in [0.15, 0.2) is 0 Å². The van der Waals surface area contributed by atoms with Crippen molar-refractivity contribution in [3.63, 3.8) is 0 Å². The molecule has 0 aliphatic heterocycles. The Morgan fingerprint density at radius 2 is 2.14 bits per heavy atom. The van der Waals surface area contributed by atoms with Gasteiger partial charge in [0.15, 0.2) is 17.4 Å². The molecule has 0 aromatic heterocycles. The van der Waals surface area contributed by atoms with E-state index in [2.05, 4.69) is 4.89 Å². The monoisotopic (exact) mass is 120 g/mol. The van der Waals surface area contributed by atoms with Gasteiger partial charge in [-0.2, -0.15) is 0 Å². The van der Waals surface area contributed by atoms with Crippen LogP contribution >= 0.6 is 0 Å². The summed E-state index contributed by atoms with van der Waals surface area (Å²) >= 11 is 0. The Labute approximate surface area is 54.5 Å². The third-order valence-corrected chi connectivity index (χ3v) is 0.589. The summed E-state index contributed by atoms with van der Waals surface area (Å²) in [6, 6.07) is 0. The molecule has 0 saturated carbocycles. The van der Waals surface area contributed by atoms with Gasteiger partial charge < -0.3 is 0 Å². The molecule has 2 nitrogen and oxygen atoms in total. The Bertz CT molecular complexity index is 21.7. The van der Waals surface area contributed by atoms with Gasteiger partial charge in [-0.25, -0.2) is 4.89 Å². The van der Waals surface area contributed by atoms with Crippen molar-refractivity contribution in [3.05, 3.63) is 0 Å². The van der Waals surface area contributed by atoms with Gasteiger partial charge in [0.1, 0.15) is 0 Å². The first kappa shape index (κ1) is 10.4. The number of hydrogen-bond donors (Lipinski definition) is 1. The molecular formula is C4H13AlO2. The first-order valence-electron chi connectivity index (χ1n) is 2.18. The summed E-state index contributed by atoms with van der Waals surface area (Å²) in [7, 11) is 0. The van der Waals surface area contributed by atoms with Gasteiger partial charge >= 0.3 is 0 Å². The van der Waals surface area contributed by atoms with Crippen LogP contribution < -0.4 is 0 Å². The van der Waals surface area contributed by atoms with Crippen LogP contribution in [0.3, 0.4) is 0 Å². The Balaban J connectivity index is 0. The minimum Gasteiger partial charge on any atom is -0.252 e. The molecular weight excluding hydrogens is 107 g/mol. The van der Waals surface area contributed by atoms with Crippen LogP contribution in [-0.4, -0.2) is 29.2 Å². The largest absolute Gasteiger partial charge is 0.252 e. The van der Waals surface area contributed by atoms with Crippen LogP contribution in [0.25, 0.3) is 0 Å². The lowest BCUT2D eigenvalue weighted by molar-refractivity contribution is -0.242. The Hall–Kier alpha value is 0.452. The van der Waals surface area contributed by atoms with E-state index in [4.69, 9.17) is 5.26 Å². The van der Waals surface area contributed by atoms with E-state index in [1.54, 1.807) is 0 Å². The fourth-order valence-electron chi connectivity index (χ4n) is 0.209. The smallest absolute Gasteiger partial charge is 0.187 e. The van der Waals surface area contributed by atoms with Gasteiger partial charge in [-0.15, -0.1) is 0 Å². The predicted molar refractivity (Wildman–Crippen MR) is 33.4 cm³/mol. The van der Waals surface area contributed by atoms with Crippen LogP contribution in [0.2, 0.25) is 0 Å². The standard InChI is InChI=1S/C4H10O2.Al.3H/c1-2-3-4-6-5;;;;/h5H,2-4H2,1H3;;;;. The third-order valence-electron chi connectivity index (χ3n) is 0.589. The fraction of sp³-hybridized carbons (Fsp3) is 1.00. The zero-order valence-corrected chi connectivity index (χ0v) is 3.98. The molecule has 0 bridgehead atoms. The van der Waals surface area contributed by atoms with Crippen molar-refractivity contribution in [2.75, 3.05) is 6.61 Å². The SMILES string of the molecule is CCCCOO.[AlH3]. The van der Waals surface area contributed by atoms with Crippen LogP contribution in [0.4, 0.5) is 0 Å². The molecule has 0 spiro atoms. The van der Waals surface area contributed by atoms with Gasteiger partial charge in [0, 0.05) is 0 Å². The molecule has 44 valence electrons. The third kappa shape index (κ3) is 10.7. The van der Waals surface area contributed by atoms with Crippen LogP contribution in [0.1, 0.15) is 19.8 Å². The van der Waals surface area contributed by atoms with Crippen molar-refractivity contribution in [1.29, 1.82) is 0 Å². The summed E-state index contributed by atoms with van der Waals surface area (Å²) < 4.78 is 0. The van der Waals surface area contributed by atoms with Crippen molar-refractivity contribution in [1.82, 2.24) is 0 Å². The van der Waals surface area contributed by atoms with Crippen molar-refractivity contribution in [2.45, 2.75) is 19.8 Å². The van der Waals surface area contributed by atoms with E-state index in [1.807, 2.05) is 6.92 Å². The molecule has 0 aliphatic rings. The van der Waals surface area contributed by atoms with Crippen LogP contribution in [-0.2, 0) is 4.89 Å². The number of rotatable bonds is 3. The van der Waals surface area contributed by atoms with E-state index >= 15 is 0 Å². The Kier molecular flexibility index (Phi) is 14.4. The molecule has 0 fully saturated rings. The van der Waals surface area contributed by atoms with Crippen LogP contribution in [0, 0.1) is 0 Å². The predicted octanol–water partition coefficient (Wildman–Crippen LogP) is 0.0922. The molecule has 0 atom stereocenters. The van der Waals surface area contributed by atoms with Gasteiger partial charge in [-0.05, 0) is 6.42 Å². The highest BCUT2D eigenvalue weighted by molar-refractivity contribution is 5.75. The molecule has 0 aromatic rings. The normalized spacial score (nSPS) is 7.71. The van der Waals surface area contributed by atoms with Gasteiger partial charge in [-0.3, -0.25) is 5.26 Å². The molecule has 0 saturated heterocycles. The van der Waals surface area contributed by atoms with Crippen molar-refractivity contribution >= 4 is 17.4 Å². The van der Waals surface area contributed by atoms with E-state index in [1.165, 1.54) is 0 Å². The maximum Gasteiger partial charge on any atom is 0.187 e. The highest BCUT2D eigenvalue weighted by Crippen LogP contribution is 1.83. The summed E-state index contributed by atoms with van der Waals surface area (Å²) in [5.41, 5.74) is 0. The van der Waals surface area contributed by atoms with E-state index in [-0.39, 0.29) is 17.4 Å². The van der Waals surface area contributed by atoms with E-state index < -0.39 is 0 Å². The molecule has 0 aliphatic carbocycles. The second-order valence-electron chi connectivity index (χ2n) is 1.19. The Morgan fingerprint density at radius 1 is 1.57 bits per heavy atom. The van der Waals surface area contributed by atoms with Gasteiger partial charge in [-0.1, -0.05) is 13.3 Å². The maximum absolute atomic E-state index is 7.70. The van der Waals surface area contributed by atoms with E-state index in [0.717, 1.165) is 12.8 Å². The zero-order chi connectivity index (χ0) is 4.83. The van der Waals surface area contributed by atoms with Crippen molar-refractivity contribution < 1.29 is 10.1 Å². The van der Waals surface area contributed by atoms with Gasteiger partial charge in [0.05, 0.1) is 6.61 Å². The quantitative estimate of drug-likeness (QED) is 0.247. The number of hydrogen-bond acceptors (Lipinski definition) is 2. The first-order valence-corrected chi connectivity index (χ1v) is 2.18. The zero-order valence-electron chi connectivity index (χ0n) is 3.98. The molecule has 7 heavy (non-hydrogen) atoms. The summed E-state index contributed by atoms with van der Waals surface area (Å²) in [5.74, 6) is 0. The van der Waals surface area contributed by atoms with E-state index in [0.29, 0.717) is 6.61 Å². The first-order chi connectivity index (χ1) is 2.91. The number of unbranched alkanes of at least 4 members (excludes halogenated alkanes) is 1. The lowest BCUT2D eigenvalue weighted by atomic mass is 10.4. The average Bonchev–Trinajstić information content (AvgIpc) is 1.61. The molecule has 0 unspecified atom stereocenters. The summed E-state index contributed by atoms with van der Waals surface area (Å²) in [5, 5.41) is 7.70. The summed E-state index contributed by atoms with van der Waals surface area (Å²) in [6.07, 6.45) is 2.01. The summed E-state index contributed by atoms with van der Waals surface area (Å²) in [4.78, 5) is 3.78. The molecule has 1 N–H and O–H groups in total. The average molecular weight is 120 g/mol. The molecule has 0 radical (unpaired) electrons. The lowest BCUT2D eigenvalue weighted by Crippen LogP contribution is -1.84. The highest BCUT2D eigenvalue weighted by Gasteiger charge is 1.76. The minimum absolute atomic E-state index is 0. The van der Waals surface area contributed by atoms with Crippen molar-refractivity contribution in [2.24, 2.45) is 0 Å². The molecule has 0 amide bonds. The van der Waals surface area contributed by atoms with Gasteiger partial charge in [0.25, 0.3) is 0 Å². The van der Waals surface area contributed by atoms with Gasteiger partial charge in [0.2, 0.25) is 0 Å². The molecule has 0 rings (SSSR count). The Morgan fingerprint density at radius 3 is 2.29 bits per heavy atom. The molecule has 0 aromatic carbocycles. The van der Waals surface area contributed by atoms with Crippen LogP contribution in [0.5, 0.6) is 0 Å². The summed E-state index contributed by atoms with van der Waals surface area (Å²) in [6.45, 7) is 2.51. The maximum atomic E-state index is 7.70. The molecule has 3 heteroatoms. The second-order valence-corrected chi connectivity index (χ2v) is 1.19. The highest BCUT2D eigenvalue weighted by atomic mass is 27.0. The molecule has 0 heterocycles. The minimum atomic E-state index is 0. The van der Waals surface area contributed by atoms with E-state index in [9.17, 15) is 0 Å². The van der Waals surface area contributed by atoms with Crippen molar-refractivity contribution in [3.8, 4) is 0 Å².